The lowest BCUT2D eigenvalue weighted by Crippen LogP contribution is -2.63. The van der Waals surface area contributed by atoms with Gasteiger partial charge in [-0.3, -0.25) is 38.9 Å². The van der Waals surface area contributed by atoms with Crippen molar-refractivity contribution in [1.82, 2.24) is 26.6 Å². The van der Waals surface area contributed by atoms with E-state index in [1.54, 1.807) is 13.8 Å². The minimum Gasteiger partial charge on any atom is -0.394 e. The molecule has 10 N–H and O–H groups in total. The molecule has 0 saturated carbocycles. The van der Waals surface area contributed by atoms with Crippen molar-refractivity contribution in [3.05, 3.63) is 39.7 Å². The molecule has 19 heteroatoms. The quantitative estimate of drug-likeness (QED) is 0.0634. The number of primary amides is 1. The average molecular weight is 629 g/mol. The fraction of sp³-hybridized carbons (Fsp3) is 0.520. The van der Waals surface area contributed by atoms with Crippen LogP contribution in [0.1, 0.15) is 38.1 Å². The summed E-state index contributed by atoms with van der Waals surface area (Å²) in [7, 11) is 0. The third-order valence-corrected chi connectivity index (χ3v) is 6.01. The molecule has 6 amide bonds. The van der Waals surface area contributed by atoms with Crippen LogP contribution < -0.4 is 32.3 Å². The maximum Gasteiger partial charge on any atom is 0.285 e. The Balaban J connectivity index is 3.07. The molecular formula is C25H36FN7O11. The summed E-state index contributed by atoms with van der Waals surface area (Å²) in [5.41, 5.74) is 3.44. The third kappa shape index (κ3) is 10.8. The monoisotopic (exact) mass is 628 g/mol. The molecule has 1 aromatic rings. The Bertz CT molecular complexity index is 1260. The van der Waals surface area contributed by atoms with Crippen molar-refractivity contribution in [3.63, 3.8) is 0 Å². The second-order valence-corrected chi connectivity index (χ2v) is 10.00. The van der Waals surface area contributed by atoms with Gasteiger partial charge in [-0.25, -0.2) is 4.39 Å². The van der Waals surface area contributed by atoms with E-state index in [1.165, 1.54) is 0 Å². The van der Waals surface area contributed by atoms with Crippen molar-refractivity contribution in [2.24, 2.45) is 11.7 Å². The topological polar surface area (TPSA) is 292 Å². The average Bonchev–Trinajstić information content (AvgIpc) is 2.93. The predicted molar refractivity (Wildman–Crippen MR) is 148 cm³/mol. The van der Waals surface area contributed by atoms with Crippen LogP contribution in [0.5, 0.6) is 0 Å². The van der Waals surface area contributed by atoms with Crippen molar-refractivity contribution in [2.45, 2.75) is 64.1 Å². The number of rotatable bonds is 16. The number of benzene rings is 1. The smallest absolute Gasteiger partial charge is 0.285 e. The Morgan fingerprint density at radius 3 is 1.80 bits per heavy atom. The third-order valence-electron chi connectivity index (χ3n) is 6.01. The summed E-state index contributed by atoms with van der Waals surface area (Å²) in [4.78, 5) is 84.9. The first-order chi connectivity index (χ1) is 20.4. The van der Waals surface area contributed by atoms with E-state index in [1.807, 2.05) is 5.32 Å². The second kappa shape index (κ2) is 16.8. The molecule has 0 spiro atoms. The van der Waals surface area contributed by atoms with E-state index in [0.29, 0.717) is 6.07 Å². The number of nitro benzene ring substituents is 1. The van der Waals surface area contributed by atoms with E-state index < -0.39 is 113 Å². The zero-order chi connectivity index (χ0) is 33.9. The van der Waals surface area contributed by atoms with Crippen LogP contribution in [0.2, 0.25) is 0 Å². The molecule has 0 heterocycles. The van der Waals surface area contributed by atoms with E-state index >= 15 is 0 Å². The molecule has 18 nitrogen and oxygen atoms in total. The van der Waals surface area contributed by atoms with Gasteiger partial charge in [-0.2, -0.15) is 0 Å². The Labute approximate surface area is 250 Å². The Kier molecular flexibility index (Phi) is 14.2. The number of nitrogens with two attached hydrogens (primary N) is 1. The Morgan fingerprint density at radius 2 is 1.36 bits per heavy atom. The zero-order valence-corrected chi connectivity index (χ0v) is 24.2. The lowest BCUT2D eigenvalue weighted by Gasteiger charge is -2.29. The normalized spacial score (nSPS) is 15.0. The number of carbonyl (C=O) groups is 6. The van der Waals surface area contributed by atoms with E-state index in [4.69, 9.17) is 5.73 Å². The van der Waals surface area contributed by atoms with E-state index in [0.717, 1.165) is 26.0 Å². The van der Waals surface area contributed by atoms with Crippen LogP contribution in [0.4, 0.5) is 10.1 Å². The largest absolute Gasteiger partial charge is 0.394 e. The van der Waals surface area contributed by atoms with Gasteiger partial charge in [0.05, 0.1) is 36.3 Å². The number of hydrogen-bond acceptors (Lipinski definition) is 11. The molecule has 0 aliphatic heterocycles. The van der Waals surface area contributed by atoms with Crippen LogP contribution in [-0.4, -0.2) is 105 Å². The van der Waals surface area contributed by atoms with Crippen LogP contribution in [0, 0.1) is 21.8 Å². The molecule has 44 heavy (non-hydrogen) atoms. The summed E-state index contributed by atoms with van der Waals surface area (Å²) in [6, 6.07) is -4.58. The molecule has 0 unspecified atom stereocenters. The molecule has 0 radical (unpaired) electrons. The SMILES string of the molecule is CC(C)[C@H](NC(=O)[C@@H](NC(=O)[C@@H](NC(=O)[C@H](CO)NC(=O)c1ccc([18F])cc1[N+](=O)[O-])[C@@H](C)O)[C@@H](C)O)C(=O)NCC(N)=O. The van der Waals surface area contributed by atoms with Crippen LogP contribution in [-0.2, 0) is 24.0 Å². The lowest BCUT2D eigenvalue weighted by atomic mass is 10.0. The summed E-state index contributed by atoms with van der Waals surface area (Å²) < 4.78 is 13.4. The minimum atomic E-state index is -1.83. The minimum absolute atomic E-state index is 0.475. The van der Waals surface area contributed by atoms with Gasteiger partial charge in [0.1, 0.15) is 35.5 Å². The van der Waals surface area contributed by atoms with Gasteiger partial charge >= 0.3 is 0 Å². The molecule has 0 aliphatic rings. The van der Waals surface area contributed by atoms with Gasteiger partial charge in [0, 0.05) is 0 Å². The van der Waals surface area contributed by atoms with Gasteiger partial charge in [-0.15, -0.1) is 0 Å². The Morgan fingerprint density at radius 1 is 0.864 bits per heavy atom. The number of halogens is 1. The number of aliphatic hydroxyl groups excluding tert-OH is 3. The summed E-state index contributed by atoms with van der Waals surface area (Å²) in [6.45, 7) is 3.75. The molecule has 6 atom stereocenters. The number of aliphatic hydroxyl groups is 3. The first-order valence-electron chi connectivity index (χ1n) is 13.1. The Hall–Kier alpha value is -4.75. The van der Waals surface area contributed by atoms with E-state index in [-0.39, 0.29) is 0 Å². The molecule has 1 aromatic carbocycles. The van der Waals surface area contributed by atoms with Gasteiger partial charge in [-0.05, 0) is 31.9 Å². The van der Waals surface area contributed by atoms with Crippen LogP contribution in [0.3, 0.4) is 0 Å². The number of carbonyl (C=O) groups excluding carboxylic acids is 6. The summed E-state index contributed by atoms with van der Waals surface area (Å²) >= 11 is 0. The molecule has 244 valence electrons. The van der Waals surface area contributed by atoms with Crippen molar-refractivity contribution in [3.8, 4) is 0 Å². The van der Waals surface area contributed by atoms with Crippen molar-refractivity contribution in [2.75, 3.05) is 13.2 Å². The van der Waals surface area contributed by atoms with Crippen molar-refractivity contribution in [1.29, 1.82) is 0 Å². The molecule has 1 rings (SSSR count). The first-order valence-corrected chi connectivity index (χ1v) is 13.1. The van der Waals surface area contributed by atoms with E-state index in [9.17, 15) is 58.6 Å². The highest BCUT2D eigenvalue weighted by molar-refractivity contribution is 6.01. The van der Waals surface area contributed by atoms with Crippen molar-refractivity contribution < 1.29 is 53.4 Å². The maximum atomic E-state index is 13.4. The van der Waals surface area contributed by atoms with Crippen LogP contribution in [0.15, 0.2) is 18.2 Å². The molecule has 0 aliphatic carbocycles. The van der Waals surface area contributed by atoms with Crippen LogP contribution in [0.25, 0.3) is 0 Å². The molecular weight excluding hydrogens is 592 g/mol. The van der Waals surface area contributed by atoms with Crippen LogP contribution >= 0.6 is 0 Å². The summed E-state index contributed by atoms with van der Waals surface area (Å²) in [6.07, 6.45) is -3.21. The van der Waals surface area contributed by atoms with Crippen molar-refractivity contribution >= 4 is 41.1 Å². The fourth-order valence-electron chi connectivity index (χ4n) is 3.65. The summed E-state index contributed by atoms with van der Waals surface area (Å²) in [5, 5.41) is 52.0. The highest BCUT2D eigenvalue weighted by Crippen LogP contribution is 2.19. The molecule has 0 saturated heterocycles. The maximum absolute atomic E-state index is 13.4. The molecule has 0 aromatic heterocycles. The van der Waals surface area contributed by atoms with E-state index in [2.05, 4.69) is 21.3 Å². The van der Waals surface area contributed by atoms with Gasteiger partial charge in [0.25, 0.3) is 11.6 Å². The first kappa shape index (κ1) is 37.3. The number of amides is 6. The lowest BCUT2D eigenvalue weighted by molar-refractivity contribution is -0.385. The fourth-order valence-corrected chi connectivity index (χ4v) is 3.65. The highest BCUT2D eigenvalue weighted by atomic mass is 18.2. The standard InChI is InChI=1S/C25H36FN7O11/c1-10(2)18(23(40)28-8-17(27)37)30-24(41)20(12(4)36)32-25(42)19(11(3)35)31-22(39)15(9-34)29-21(38)14-6-5-13(26)7-16(14)33(43)44/h5-7,10-12,15,18-20,34-36H,8-9H2,1-4H3,(H2,27,37)(H,28,40)(H,29,38)(H,30,41)(H,31,39)(H,32,42)/t11-,12-,15+,18+,19+,20+/m1/s1/i26-1. The number of hydrogen-bond donors (Lipinski definition) is 9. The predicted octanol–water partition coefficient (Wildman–Crippen LogP) is -3.70. The molecule has 0 fully saturated rings. The number of nitrogens with zero attached hydrogens (tertiary/aromatic N) is 1. The van der Waals surface area contributed by atoms with Gasteiger partial charge in [0.15, 0.2) is 0 Å². The van der Waals surface area contributed by atoms with Gasteiger partial charge in [-0.1, -0.05) is 13.8 Å². The van der Waals surface area contributed by atoms with Gasteiger partial charge < -0.3 is 47.6 Å². The zero-order valence-electron chi connectivity index (χ0n) is 24.2. The number of nitrogens with one attached hydrogen (secondary N) is 5. The summed E-state index contributed by atoms with van der Waals surface area (Å²) in [5.74, 6) is -7.88. The highest BCUT2D eigenvalue weighted by Gasteiger charge is 2.36. The van der Waals surface area contributed by atoms with Gasteiger partial charge in [0.2, 0.25) is 29.5 Å². The number of nitro groups is 1. The second-order valence-electron chi connectivity index (χ2n) is 10.00. The molecule has 0 bridgehead atoms.